The molecule has 61 heavy (non-hydrogen) atoms. The highest BCUT2D eigenvalue weighted by Gasteiger charge is 2.28. The molecule has 0 aliphatic heterocycles. The molecule has 0 bridgehead atoms. The van der Waals surface area contributed by atoms with E-state index in [1.54, 1.807) is 0 Å². The molecule has 0 aliphatic rings. The molecular weight excluding hydrogens is 761 g/mol. The van der Waals surface area contributed by atoms with Crippen LogP contribution >= 0.6 is 0 Å². The van der Waals surface area contributed by atoms with Gasteiger partial charge in [0.05, 0.1) is 31.0 Å². The van der Waals surface area contributed by atoms with Crippen LogP contribution in [0.5, 0.6) is 0 Å². The monoisotopic (exact) mass is 867 g/mol. The summed E-state index contributed by atoms with van der Waals surface area (Å²) in [5.41, 5.74) is -1.16. The van der Waals surface area contributed by atoms with Crippen LogP contribution in [0.2, 0.25) is 0 Å². The van der Waals surface area contributed by atoms with Gasteiger partial charge >= 0.3 is 0 Å². The highest BCUT2D eigenvalue weighted by molar-refractivity contribution is 5.81. The lowest BCUT2D eigenvalue weighted by Gasteiger charge is -2.32. The Labute approximate surface area is 380 Å². The Balaban J connectivity index is 4.74. The van der Waals surface area contributed by atoms with Gasteiger partial charge < -0.3 is 29.6 Å². The lowest BCUT2D eigenvalue weighted by Crippen LogP contribution is -2.48. The molecule has 8 heteroatoms. The summed E-state index contributed by atoms with van der Waals surface area (Å²) in [5, 5.41) is 5.99. The van der Waals surface area contributed by atoms with Gasteiger partial charge in [-0.25, -0.2) is 0 Å². The molecule has 0 aromatic heterocycles. The number of hydrogen-bond donors (Lipinski definition) is 2. The Hall–Kier alpha value is -1.22. The number of amides is 2. The summed E-state index contributed by atoms with van der Waals surface area (Å²) in [6.07, 6.45) is 30.8. The van der Waals surface area contributed by atoms with Crippen LogP contribution < -0.4 is 10.6 Å². The quantitative estimate of drug-likeness (QED) is 0.0592. The first-order valence-electron chi connectivity index (χ1n) is 26.0. The molecule has 0 fully saturated rings. The molecule has 8 nitrogen and oxygen atoms in total. The van der Waals surface area contributed by atoms with Gasteiger partial charge in [0, 0.05) is 32.2 Å². The molecule has 0 heterocycles. The fourth-order valence-electron chi connectivity index (χ4n) is 7.72. The SMILES string of the molecule is CCCCCCCCCCCCCCCCOCC(OCCC(C)CCCC(C)CCCC(C)CCCC(C)C)C(=O)NCC(C)(C)OCC(C)(C)OCCNC(=O)C(C)C. The third-order valence-electron chi connectivity index (χ3n) is 12.3. The van der Waals surface area contributed by atoms with Crippen LogP contribution in [0.3, 0.4) is 0 Å². The molecular formula is C53H106N2O6. The molecule has 0 radical (unpaired) electrons. The third kappa shape index (κ3) is 38.9. The van der Waals surface area contributed by atoms with Crippen molar-refractivity contribution in [2.75, 3.05) is 46.1 Å². The second-order valence-electron chi connectivity index (χ2n) is 21.1. The predicted octanol–water partition coefficient (Wildman–Crippen LogP) is 13.8. The predicted molar refractivity (Wildman–Crippen MR) is 260 cm³/mol. The number of rotatable bonds is 44. The molecule has 0 aromatic rings. The van der Waals surface area contributed by atoms with Crippen molar-refractivity contribution in [3.05, 3.63) is 0 Å². The third-order valence-corrected chi connectivity index (χ3v) is 12.3. The summed E-state index contributed by atoms with van der Waals surface area (Å²) >= 11 is 0. The van der Waals surface area contributed by atoms with Crippen LogP contribution in [-0.4, -0.2) is 75.2 Å². The average molecular weight is 867 g/mol. The molecule has 2 amide bonds. The van der Waals surface area contributed by atoms with Crippen molar-refractivity contribution in [3.8, 4) is 0 Å². The summed E-state index contributed by atoms with van der Waals surface area (Å²) in [6, 6.07) is 0. The fourth-order valence-corrected chi connectivity index (χ4v) is 7.72. The van der Waals surface area contributed by atoms with Crippen LogP contribution in [0.25, 0.3) is 0 Å². The Morgan fingerprint density at radius 2 is 0.967 bits per heavy atom. The Kier molecular flexibility index (Phi) is 37.3. The minimum Gasteiger partial charge on any atom is -0.378 e. The smallest absolute Gasteiger partial charge is 0.251 e. The molecule has 0 saturated carbocycles. The first-order chi connectivity index (χ1) is 29.0. The van der Waals surface area contributed by atoms with E-state index < -0.39 is 17.3 Å². The summed E-state index contributed by atoms with van der Waals surface area (Å²) in [6.45, 7) is 28.8. The first-order valence-corrected chi connectivity index (χ1v) is 26.0. The van der Waals surface area contributed by atoms with E-state index in [1.165, 1.54) is 141 Å². The normalized spacial score (nSPS) is 14.4. The molecule has 0 aromatic carbocycles. The number of hydrogen-bond acceptors (Lipinski definition) is 6. The Morgan fingerprint density at radius 1 is 0.492 bits per heavy atom. The molecule has 0 rings (SSSR count). The standard InChI is InChI=1S/C53H106N2O6/c1-13-14-15-16-17-18-19-20-21-22-23-24-25-26-38-58-41-49(51(57)55-42-52(9,10)61-43-53(11,12)60-40-37-54-50(56)45(4)5)59-39-36-48(8)35-29-34-47(7)33-28-32-46(6)31-27-30-44(2)3/h44-49H,13-43H2,1-12H3,(H,54,56)(H,55,57). The number of carbonyl (C=O) groups excluding carboxylic acids is 2. The van der Waals surface area contributed by atoms with Gasteiger partial charge in [-0.3, -0.25) is 9.59 Å². The van der Waals surface area contributed by atoms with E-state index in [9.17, 15) is 9.59 Å². The first kappa shape index (κ1) is 59.8. The lowest BCUT2D eigenvalue weighted by molar-refractivity contribution is -0.141. The number of ether oxygens (including phenoxy) is 4. The van der Waals surface area contributed by atoms with E-state index in [0.29, 0.717) is 45.4 Å². The Bertz CT molecular complexity index is 1020. The topological polar surface area (TPSA) is 95.1 Å². The zero-order valence-corrected chi connectivity index (χ0v) is 42.8. The number of unbranched alkanes of at least 4 members (excludes halogenated alkanes) is 13. The maximum Gasteiger partial charge on any atom is 0.251 e. The second-order valence-corrected chi connectivity index (χ2v) is 21.1. The van der Waals surface area contributed by atoms with E-state index in [2.05, 4.69) is 52.2 Å². The molecule has 0 saturated heterocycles. The lowest BCUT2D eigenvalue weighted by atomic mass is 9.91. The maximum atomic E-state index is 13.6. The molecule has 2 N–H and O–H groups in total. The van der Waals surface area contributed by atoms with Crippen molar-refractivity contribution in [2.24, 2.45) is 29.6 Å². The van der Waals surface area contributed by atoms with Gasteiger partial charge in [0.2, 0.25) is 5.91 Å². The second kappa shape index (κ2) is 38.1. The van der Waals surface area contributed by atoms with Crippen LogP contribution in [0.15, 0.2) is 0 Å². The molecule has 4 unspecified atom stereocenters. The van der Waals surface area contributed by atoms with Crippen molar-refractivity contribution >= 4 is 11.8 Å². The van der Waals surface area contributed by atoms with Crippen molar-refractivity contribution in [1.29, 1.82) is 0 Å². The van der Waals surface area contributed by atoms with E-state index in [1.807, 2.05) is 41.5 Å². The van der Waals surface area contributed by atoms with Gasteiger partial charge in [-0.1, -0.05) is 197 Å². The van der Waals surface area contributed by atoms with Crippen molar-refractivity contribution in [1.82, 2.24) is 10.6 Å². The zero-order chi connectivity index (χ0) is 45.8. The van der Waals surface area contributed by atoms with E-state index in [0.717, 1.165) is 30.6 Å². The molecule has 0 spiro atoms. The van der Waals surface area contributed by atoms with Crippen LogP contribution in [0.4, 0.5) is 0 Å². The van der Waals surface area contributed by atoms with E-state index in [4.69, 9.17) is 18.9 Å². The fraction of sp³-hybridized carbons (Fsp3) is 0.962. The molecule has 364 valence electrons. The highest BCUT2D eigenvalue weighted by atomic mass is 16.6. The Morgan fingerprint density at radius 3 is 1.46 bits per heavy atom. The summed E-state index contributed by atoms with van der Waals surface area (Å²) in [5.74, 6) is 2.83. The maximum absolute atomic E-state index is 13.6. The van der Waals surface area contributed by atoms with E-state index >= 15 is 0 Å². The van der Waals surface area contributed by atoms with Gasteiger partial charge in [-0.05, 0) is 64.2 Å². The van der Waals surface area contributed by atoms with Crippen LogP contribution in [0, 0.1) is 29.6 Å². The minimum atomic E-state index is -0.650. The van der Waals surface area contributed by atoms with Crippen LogP contribution in [0.1, 0.15) is 237 Å². The molecule has 0 aliphatic carbocycles. The minimum absolute atomic E-state index is 0.0189. The van der Waals surface area contributed by atoms with Gasteiger partial charge in [0.1, 0.15) is 0 Å². The van der Waals surface area contributed by atoms with E-state index in [-0.39, 0.29) is 24.3 Å². The molecule has 4 atom stereocenters. The van der Waals surface area contributed by atoms with Crippen molar-refractivity contribution < 1.29 is 28.5 Å². The number of nitrogens with one attached hydrogen (secondary N) is 2. The van der Waals surface area contributed by atoms with Crippen molar-refractivity contribution in [2.45, 2.75) is 254 Å². The zero-order valence-electron chi connectivity index (χ0n) is 42.8. The average Bonchev–Trinajstić information content (AvgIpc) is 3.19. The summed E-state index contributed by atoms with van der Waals surface area (Å²) < 4.78 is 24.6. The van der Waals surface area contributed by atoms with Gasteiger partial charge in [0.25, 0.3) is 5.91 Å². The van der Waals surface area contributed by atoms with Gasteiger partial charge in [-0.2, -0.15) is 0 Å². The number of carbonyl (C=O) groups is 2. The van der Waals surface area contributed by atoms with Crippen LogP contribution in [-0.2, 0) is 28.5 Å². The van der Waals surface area contributed by atoms with Gasteiger partial charge in [-0.15, -0.1) is 0 Å². The summed E-state index contributed by atoms with van der Waals surface area (Å²) in [7, 11) is 0. The summed E-state index contributed by atoms with van der Waals surface area (Å²) in [4.78, 5) is 25.4. The van der Waals surface area contributed by atoms with Gasteiger partial charge in [0.15, 0.2) is 6.10 Å². The highest BCUT2D eigenvalue weighted by Crippen LogP contribution is 2.23. The largest absolute Gasteiger partial charge is 0.378 e. The van der Waals surface area contributed by atoms with Crippen molar-refractivity contribution in [3.63, 3.8) is 0 Å².